The molecule has 1 atom stereocenters. The summed E-state index contributed by atoms with van der Waals surface area (Å²) < 4.78 is 5.67. The molecule has 4 heteroatoms. The van der Waals surface area contributed by atoms with Gasteiger partial charge in [-0.3, -0.25) is 0 Å². The third-order valence-corrected chi connectivity index (χ3v) is 3.70. The van der Waals surface area contributed by atoms with Gasteiger partial charge in [0, 0.05) is 12.6 Å². The smallest absolute Gasteiger partial charge is 0.191 e. The Morgan fingerprint density at radius 1 is 1.13 bits per heavy atom. The van der Waals surface area contributed by atoms with Gasteiger partial charge in [-0.1, -0.05) is 38.1 Å². The lowest BCUT2D eigenvalue weighted by atomic mass is 10.1. The molecule has 1 aromatic carbocycles. The molecule has 0 saturated carbocycles. The molecule has 0 fully saturated rings. The summed E-state index contributed by atoms with van der Waals surface area (Å²) in [4.78, 5) is 4.70. The van der Waals surface area contributed by atoms with Crippen LogP contribution in [0, 0.1) is 5.92 Å². The third-order valence-electron chi connectivity index (χ3n) is 3.70. The van der Waals surface area contributed by atoms with E-state index in [0.717, 1.165) is 12.5 Å². The molecule has 0 saturated heterocycles. The van der Waals surface area contributed by atoms with E-state index in [1.54, 1.807) is 0 Å². The second kappa shape index (κ2) is 10.3. The zero-order valence-corrected chi connectivity index (χ0v) is 15.5. The van der Waals surface area contributed by atoms with Crippen molar-refractivity contribution >= 4 is 5.96 Å². The zero-order valence-electron chi connectivity index (χ0n) is 15.5. The molecule has 130 valence electrons. The topological polar surface area (TPSA) is 45.7 Å². The molecule has 1 unspecified atom stereocenters. The summed E-state index contributed by atoms with van der Waals surface area (Å²) in [5.74, 6) is 1.44. The number of rotatable bonds is 8. The van der Waals surface area contributed by atoms with Crippen molar-refractivity contribution < 1.29 is 4.74 Å². The number of aliphatic imine (C=N–C) groups is 1. The van der Waals surface area contributed by atoms with Crippen molar-refractivity contribution in [3.05, 3.63) is 35.4 Å². The molecule has 0 aliphatic rings. The molecule has 0 bridgehead atoms. The lowest BCUT2D eigenvalue weighted by Crippen LogP contribution is -2.44. The van der Waals surface area contributed by atoms with Gasteiger partial charge in [0.2, 0.25) is 0 Å². The highest BCUT2D eigenvalue weighted by atomic mass is 16.5. The second-order valence-corrected chi connectivity index (χ2v) is 6.55. The van der Waals surface area contributed by atoms with Crippen molar-refractivity contribution in [2.45, 2.75) is 66.8 Å². The summed E-state index contributed by atoms with van der Waals surface area (Å²) >= 11 is 0. The molecule has 4 nitrogen and oxygen atoms in total. The van der Waals surface area contributed by atoms with Crippen molar-refractivity contribution in [3.63, 3.8) is 0 Å². The molecule has 0 aliphatic carbocycles. The van der Waals surface area contributed by atoms with Crippen LogP contribution in [0.15, 0.2) is 29.3 Å². The average Bonchev–Trinajstić information content (AvgIpc) is 2.51. The fourth-order valence-electron chi connectivity index (χ4n) is 1.95. The Hall–Kier alpha value is -1.55. The standard InChI is InChI=1S/C19H33N3O/c1-7-20-19(22-16(6)14(2)3)21-12-17-9-8-10-18(11-17)13-23-15(4)5/h8-11,14-16H,7,12-13H2,1-6H3,(H2,20,21,22). The van der Waals surface area contributed by atoms with Crippen LogP contribution in [0.3, 0.4) is 0 Å². The summed E-state index contributed by atoms with van der Waals surface area (Å²) in [6, 6.07) is 8.83. The third kappa shape index (κ3) is 8.03. The monoisotopic (exact) mass is 319 g/mol. The highest BCUT2D eigenvalue weighted by Crippen LogP contribution is 2.09. The molecule has 0 radical (unpaired) electrons. The van der Waals surface area contributed by atoms with Crippen molar-refractivity contribution in [3.8, 4) is 0 Å². The van der Waals surface area contributed by atoms with E-state index in [9.17, 15) is 0 Å². The van der Waals surface area contributed by atoms with Gasteiger partial charge in [0.1, 0.15) is 0 Å². The number of guanidine groups is 1. The van der Waals surface area contributed by atoms with Crippen LogP contribution in [0.2, 0.25) is 0 Å². The maximum Gasteiger partial charge on any atom is 0.191 e. The minimum Gasteiger partial charge on any atom is -0.374 e. The molecular weight excluding hydrogens is 286 g/mol. The van der Waals surface area contributed by atoms with E-state index >= 15 is 0 Å². The van der Waals surface area contributed by atoms with Crippen LogP contribution in [0.5, 0.6) is 0 Å². The fraction of sp³-hybridized carbons (Fsp3) is 0.632. The Bertz CT molecular complexity index is 483. The number of hydrogen-bond donors (Lipinski definition) is 2. The lowest BCUT2D eigenvalue weighted by molar-refractivity contribution is 0.0657. The largest absolute Gasteiger partial charge is 0.374 e. The number of ether oxygens (including phenoxy) is 1. The Labute approximate surface area is 141 Å². The quantitative estimate of drug-likeness (QED) is 0.567. The number of nitrogens with zero attached hydrogens (tertiary/aromatic N) is 1. The van der Waals surface area contributed by atoms with Crippen molar-refractivity contribution in [1.29, 1.82) is 0 Å². The maximum absolute atomic E-state index is 5.67. The Balaban J connectivity index is 2.69. The second-order valence-electron chi connectivity index (χ2n) is 6.55. The molecule has 0 spiro atoms. The van der Waals surface area contributed by atoms with E-state index in [-0.39, 0.29) is 6.10 Å². The molecule has 2 N–H and O–H groups in total. The minimum absolute atomic E-state index is 0.249. The zero-order chi connectivity index (χ0) is 17.2. The summed E-state index contributed by atoms with van der Waals surface area (Å²) in [6.45, 7) is 15.0. The molecule has 1 rings (SSSR count). The Kier molecular flexibility index (Phi) is 8.70. The molecule has 23 heavy (non-hydrogen) atoms. The van der Waals surface area contributed by atoms with Crippen LogP contribution < -0.4 is 10.6 Å². The van der Waals surface area contributed by atoms with Gasteiger partial charge in [-0.15, -0.1) is 0 Å². The van der Waals surface area contributed by atoms with Crippen LogP contribution in [0.25, 0.3) is 0 Å². The van der Waals surface area contributed by atoms with Crippen molar-refractivity contribution in [2.24, 2.45) is 10.9 Å². The van der Waals surface area contributed by atoms with Gasteiger partial charge in [0.05, 0.1) is 19.3 Å². The highest BCUT2D eigenvalue weighted by Gasteiger charge is 2.08. The van der Waals surface area contributed by atoms with Gasteiger partial charge in [-0.25, -0.2) is 4.99 Å². The van der Waals surface area contributed by atoms with Gasteiger partial charge in [0.15, 0.2) is 5.96 Å². The van der Waals surface area contributed by atoms with Crippen LogP contribution in [0.4, 0.5) is 0 Å². The first-order chi connectivity index (χ1) is 10.9. The van der Waals surface area contributed by atoms with Crippen LogP contribution >= 0.6 is 0 Å². The molecular formula is C19H33N3O. The first-order valence-electron chi connectivity index (χ1n) is 8.66. The number of hydrogen-bond acceptors (Lipinski definition) is 2. The molecule has 0 heterocycles. The molecule has 0 amide bonds. The predicted octanol–water partition coefficient (Wildman–Crippen LogP) is 3.71. The van der Waals surface area contributed by atoms with Crippen molar-refractivity contribution in [1.82, 2.24) is 10.6 Å². The van der Waals surface area contributed by atoms with Gasteiger partial charge >= 0.3 is 0 Å². The first-order valence-corrected chi connectivity index (χ1v) is 8.66. The van der Waals surface area contributed by atoms with E-state index in [0.29, 0.717) is 25.1 Å². The normalized spacial score (nSPS) is 13.5. The van der Waals surface area contributed by atoms with Crippen LogP contribution in [-0.4, -0.2) is 24.7 Å². The average molecular weight is 319 g/mol. The van der Waals surface area contributed by atoms with E-state index in [2.05, 4.69) is 76.4 Å². The number of nitrogens with one attached hydrogen (secondary N) is 2. The first kappa shape index (κ1) is 19.5. The number of benzene rings is 1. The van der Waals surface area contributed by atoms with E-state index in [4.69, 9.17) is 9.73 Å². The Morgan fingerprint density at radius 3 is 2.43 bits per heavy atom. The SMILES string of the molecule is CCNC(=NCc1cccc(COC(C)C)c1)NC(C)C(C)C. The van der Waals surface area contributed by atoms with Crippen molar-refractivity contribution in [2.75, 3.05) is 6.54 Å². The molecule has 0 aromatic heterocycles. The highest BCUT2D eigenvalue weighted by molar-refractivity contribution is 5.80. The summed E-state index contributed by atoms with van der Waals surface area (Å²) in [7, 11) is 0. The molecule has 0 aliphatic heterocycles. The predicted molar refractivity (Wildman–Crippen MR) is 98.6 cm³/mol. The maximum atomic E-state index is 5.67. The van der Waals surface area contributed by atoms with Gasteiger partial charge < -0.3 is 15.4 Å². The summed E-state index contributed by atoms with van der Waals surface area (Å²) in [6.07, 6.45) is 0.249. The summed E-state index contributed by atoms with van der Waals surface area (Å²) in [5.41, 5.74) is 2.39. The fourth-order valence-corrected chi connectivity index (χ4v) is 1.95. The van der Waals surface area contributed by atoms with Gasteiger partial charge in [-0.2, -0.15) is 0 Å². The van der Waals surface area contributed by atoms with Crippen LogP contribution in [-0.2, 0) is 17.9 Å². The minimum atomic E-state index is 0.249. The van der Waals surface area contributed by atoms with Gasteiger partial charge in [0.25, 0.3) is 0 Å². The Morgan fingerprint density at radius 2 is 1.83 bits per heavy atom. The summed E-state index contributed by atoms with van der Waals surface area (Å²) in [5, 5.41) is 6.76. The van der Waals surface area contributed by atoms with E-state index in [1.165, 1.54) is 11.1 Å². The van der Waals surface area contributed by atoms with Crippen LogP contribution in [0.1, 0.15) is 52.7 Å². The van der Waals surface area contributed by atoms with E-state index < -0.39 is 0 Å². The van der Waals surface area contributed by atoms with Gasteiger partial charge in [-0.05, 0) is 44.7 Å². The lowest BCUT2D eigenvalue weighted by Gasteiger charge is -2.20. The molecule has 1 aromatic rings. The van der Waals surface area contributed by atoms with E-state index in [1.807, 2.05) is 0 Å².